The van der Waals surface area contributed by atoms with Crippen LogP contribution >= 0.6 is 0 Å². The summed E-state index contributed by atoms with van der Waals surface area (Å²) in [5.41, 5.74) is 0. The molecule has 0 radical (unpaired) electrons. The van der Waals surface area contributed by atoms with E-state index in [1.165, 1.54) is 44.3 Å². The third-order valence-corrected chi connectivity index (χ3v) is 3.39. The molecule has 0 spiro atoms. The standard InChI is InChI=1S/C15H29N3/c1-4-7-8-9-10-14(16-11-5-2)15-17-12-13-18(15)6-3/h12-14,16H,4-11H2,1-3H3. The molecule has 0 bridgehead atoms. The first-order valence-electron chi connectivity index (χ1n) is 7.57. The Morgan fingerprint density at radius 1 is 1.17 bits per heavy atom. The molecule has 1 unspecified atom stereocenters. The molecule has 3 heteroatoms. The molecule has 0 aliphatic heterocycles. The van der Waals surface area contributed by atoms with Crippen LogP contribution in [0.1, 0.15) is 71.2 Å². The molecule has 1 aromatic rings. The topological polar surface area (TPSA) is 29.9 Å². The fourth-order valence-electron chi connectivity index (χ4n) is 2.31. The molecule has 1 aromatic heterocycles. The molecule has 3 nitrogen and oxygen atoms in total. The Hall–Kier alpha value is -0.830. The third-order valence-electron chi connectivity index (χ3n) is 3.39. The number of imidazole rings is 1. The van der Waals surface area contributed by atoms with Crippen LogP contribution in [0.2, 0.25) is 0 Å². The van der Waals surface area contributed by atoms with Gasteiger partial charge in [-0.1, -0.05) is 39.5 Å². The quantitative estimate of drug-likeness (QED) is 0.639. The summed E-state index contributed by atoms with van der Waals surface area (Å²) in [6.07, 6.45) is 11.7. The number of aryl methyl sites for hydroxylation is 1. The SMILES string of the molecule is CCCCCCC(NCCC)c1nccn1CC. The van der Waals surface area contributed by atoms with Gasteiger partial charge in [-0.25, -0.2) is 4.98 Å². The largest absolute Gasteiger partial charge is 0.334 e. The van der Waals surface area contributed by atoms with Crippen molar-refractivity contribution in [1.29, 1.82) is 0 Å². The second-order valence-electron chi connectivity index (χ2n) is 4.93. The molecule has 0 saturated heterocycles. The van der Waals surface area contributed by atoms with Gasteiger partial charge in [0.15, 0.2) is 0 Å². The Kier molecular flexibility index (Phi) is 7.74. The van der Waals surface area contributed by atoms with Crippen LogP contribution in [0.4, 0.5) is 0 Å². The van der Waals surface area contributed by atoms with E-state index in [0.29, 0.717) is 6.04 Å². The highest BCUT2D eigenvalue weighted by atomic mass is 15.1. The van der Waals surface area contributed by atoms with Crippen molar-refractivity contribution in [2.45, 2.75) is 71.9 Å². The molecule has 0 fully saturated rings. The van der Waals surface area contributed by atoms with Gasteiger partial charge in [0.25, 0.3) is 0 Å². The van der Waals surface area contributed by atoms with E-state index in [-0.39, 0.29) is 0 Å². The monoisotopic (exact) mass is 251 g/mol. The molecular weight excluding hydrogens is 222 g/mol. The minimum absolute atomic E-state index is 0.428. The van der Waals surface area contributed by atoms with Crippen molar-refractivity contribution in [2.24, 2.45) is 0 Å². The first-order valence-corrected chi connectivity index (χ1v) is 7.57. The molecule has 1 N–H and O–H groups in total. The maximum absolute atomic E-state index is 4.54. The number of hydrogen-bond acceptors (Lipinski definition) is 2. The molecule has 1 atom stereocenters. The Morgan fingerprint density at radius 2 is 2.00 bits per heavy atom. The first kappa shape index (κ1) is 15.2. The molecule has 0 saturated carbocycles. The molecule has 0 aliphatic carbocycles. The number of aromatic nitrogens is 2. The van der Waals surface area contributed by atoms with Crippen molar-refractivity contribution in [2.75, 3.05) is 6.54 Å². The van der Waals surface area contributed by atoms with E-state index in [2.05, 4.69) is 41.8 Å². The van der Waals surface area contributed by atoms with Gasteiger partial charge in [-0.15, -0.1) is 0 Å². The summed E-state index contributed by atoms with van der Waals surface area (Å²) in [6.45, 7) is 8.74. The lowest BCUT2D eigenvalue weighted by Gasteiger charge is -2.19. The molecule has 0 aromatic carbocycles. The Labute approximate surface area is 112 Å². The van der Waals surface area contributed by atoms with Gasteiger partial charge in [-0.05, 0) is 26.3 Å². The number of nitrogens with one attached hydrogen (secondary N) is 1. The van der Waals surface area contributed by atoms with Crippen molar-refractivity contribution in [3.05, 3.63) is 18.2 Å². The van der Waals surface area contributed by atoms with E-state index in [1.807, 2.05) is 6.20 Å². The maximum Gasteiger partial charge on any atom is 0.125 e. The van der Waals surface area contributed by atoms with Crippen LogP contribution < -0.4 is 5.32 Å². The van der Waals surface area contributed by atoms with Gasteiger partial charge < -0.3 is 9.88 Å². The normalized spacial score (nSPS) is 12.8. The van der Waals surface area contributed by atoms with Crippen LogP contribution in [-0.2, 0) is 6.54 Å². The highest BCUT2D eigenvalue weighted by Gasteiger charge is 2.15. The van der Waals surface area contributed by atoms with Crippen LogP contribution in [0.15, 0.2) is 12.4 Å². The number of nitrogens with zero attached hydrogens (tertiary/aromatic N) is 2. The Bertz CT molecular complexity index is 306. The average molecular weight is 251 g/mol. The van der Waals surface area contributed by atoms with E-state index >= 15 is 0 Å². The molecule has 1 rings (SSSR count). The van der Waals surface area contributed by atoms with Crippen molar-refractivity contribution < 1.29 is 0 Å². The van der Waals surface area contributed by atoms with Gasteiger partial charge in [-0.2, -0.15) is 0 Å². The van der Waals surface area contributed by atoms with E-state index < -0.39 is 0 Å². The molecular formula is C15H29N3. The molecule has 0 aliphatic rings. The third kappa shape index (κ3) is 4.81. The summed E-state index contributed by atoms with van der Waals surface area (Å²) in [6, 6.07) is 0.428. The van der Waals surface area contributed by atoms with E-state index in [1.54, 1.807) is 0 Å². The summed E-state index contributed by atoms with van der Waals surface area (Å²) >= 11 is 0. The first-order chi connectivity index (χ1) is 8.83. The predicted molar refractivity (Wildman–Crippen MR) is 77.7 cm³/mol. The Balaban J connectivity index is 2.54. The Morgan fingerprint density at radius 3 is 2.67 bits per heavy atom. The van der Waals surface area contributed by atoms with Crippen LogP contribution in [-0.4, -0.2) is 16.1 Å². The zero-order valence-electron chi connectivity index (χ0n) is 12.3. The van der Waals surface area contributed by atoms with Crippen LogP contribution in [0.3, 0.4) is 0 Å². The summed E-state index contributed by atoms with van der Waals surface area (Å²) in [5, 5.41) is 3.64. The average Bonchev–Trinajstić information content (AvgIpc) is 2.86. The smallest absolute Gasteiger partial charge is 0.125 e. The van der Waals surface area contributed by atoms with Crippen LogP contribution in [0.5, 0.6) is 0 Å². The number of hydrogen-bond donors (Lipinski definition) is 1. The molecule has 0 amide bonds. The number of unbranched alkanes of at least 4 members (excludes halogenated alkanes) is 3. The van der Waals surface area contributed by atoms with E-state index in [0.717, 1.165) is 13.1 Å². The van der Waals surface area contributed by atoms with Gasteiger partial charge in [0, 0.05) is 18.9 Å². The predicted octanol–water partition coefficient (Wildman–Crippen LogP) is 3.91. The van der Waals surface area contributed by atoms with Gasteiger partial charge in [0.2, 0.25) is 0 Å². The minimum Gasteiger partial charge on any atom is -0.334 e. The van der Waals surface area contributed by atoms with Gasteiger partial charge in [0.05, 0.1) is 6.04 Å². The van der Waals surface area contributed by atoms with Crippen LogP contribution in [0, 0.1) is 0 Å². The zero-order valence-corrected chi connectivity index (χ0v) is 12.3. The number of rotatable bonds is 10. The van der Waals surface area contributed by atoms with Gasteiger partial charge in [-0.3, -0.25) is 0 Å². The summed E-state index contributed by atoms with van der Waals surface area (Å²) < 4.78 is 2.26. The van der Waals surface area contributed by atoms with Crippen molar-refractivity contribution in [3.63, 3.8) is 0 Å². The lowest BCUT2D eigenvalue weighted by atomic mass is 10.1. The van der Waals surface area contributed by atoms with Crippen molar-refractivity contribution in [3.8, 4) is 0 Å². The molecule has 1 heterocycles. The summed E-state index contributed by atoms with van der Waals surface area (Å²) in [4.78, 5) is 4.54. The second-order valence-corrected chi connectivity index (χ2v) is 4.93. The zero-order chi connectivity index (χ0) is 13.2. The highest BCUT2D eigenvalue weighted by molar-refractivity contribution is 4.99. The van der Waals surface area contributed by atoms with E-state index in [4.69, 9.17) is 0 Å². The molecule has 104 valence electrons. The lowest BCUT2D eigenvalue weighted by Crippen LogP contribution is -2.25. The van der Waals surface area contributed by atoms with E-state index in [9.17, 15) is 0 Å². The lowest BCUT2D eigenvalue weighted by molar-refractivity contribution is 0.437. The van der Waals surface area contributed by atoms with Crippen molar-refractivity contribution >= 4 is 0 Å². The fourth-order valence-corrected chi connectivity index (χ4v) is 2.31. The summed E-state index contributed by atoms with van der Waals surface area (Å²) in [5.74, 6) is 1.21. The van der Waals surface area contributed by atoms with Crippen LogP contribution in [0.25, 0.3) is 0 Å². The fraction of sp³-hybridized carbons (Fsp3) is 0.800. The second kappa shape index (κ2) is 9.15. The maximum atomic E-state index is 4.54. The minimum atomic E-state index is 0.428. The van der Waals surface area contributed by atoms with Gasteiger partial charge >= 0.3 is 0 Å². The highest BCUT2D eigenvalue weighted by Crippen LogP contribution is 2.19. The molecule has 18 heavy (non-hydrogen) atoms. The van der Waals surface area contributed by atoms with Gasteiger partial charge in [0.1, 0.15) is 5.82 Å². The summed E-state index contributed by atoms with van der Waals surface area (Å²) in [7, 11) is 0. The van der Waals surface area contributed by atoms with Crippen molar-refractivity contribution in [1.82, 2.24) is 14.9 Å².